The lowest BCUT2D eigenvalue weighted by Gasteiger charge is -2.05. The highest BCUT2D eigenvalue weighted by Crippen LogP contribution is 1.94. The molecule has 1 aliphatic rings. The van der Waals surface area contributed by atoms with Gasteiger partial charge in [-0.25, -0.2) is 0 Å². The van der Waals surface area contributed by atoms with Crippen molar-refractivity contribution >= 4 is 11.9 Å². The van der Waals surface area contributed by atoms with E-state index in [-0.39, 0.29) is 11.8 Å². The van der Waals surface area contributed by atoms with Crippen molar-refractivity contribution in [1.82, 2.24) is 0 Å². The van der Waals surface area contributed by atoms with Crippen LogP contribution in [-0.2, 0) is 4.79 Å². The highest BCUT2D eigenvalue weighted by atomic mass is 16.1. The van der Waals surface area contributed by atoms with E-state index in [0.29, 0.717) is 0 Å². The van der Waals surface area contributed by atoms with Gasteiger partial charge in [-0.05, 0) is 19.1 Å². The summed E-state index contributed by atoms with van der Waals surface area (Å²) in [4.78, 5) is 15.5. The number of ketones is 1. The van der Waals surface area contributed by atoms with Gasteiger partial charge in [-0.3, -0.25) is 9.79 Å². The predicted molar refractivity (Wildman–Crippen MR) is 46.2 cm³/mol. The largest absolute Gasteiger partial charge is 0.292 e. The van der Waals surface area contributed by atoms with Crippen molar-refractivity contribution in [2.45, 2.75) is 13.0 Å². The third kappa shape index (κ3) is 1.05. The van der Waals surface area contributed by atoms with Crippen molar-refractivity contribution in [3.05, 3.63) is 34.8 Å². The van der Waals surface area contributed by atoms with E-state index in [0.717, 1.165) is 10.6 Å². The summed E-state index contributed by atoms with van der Waals surface area (Å²) in [6.45, 7) is 1.81. The van der Waals surface area contributed by atoms with Crippen LogP contribution in [0, 0.1) is 0 Å². The highest BCUT2D eigenvalue weighted by molar-refractivity contribution is 6.09. The van der Waals surface area contributed by atoms with E-state index >= 15 is 0 Å². The summed E-state index contributed by atoms with van der Waals surface area (Å²) in [5, 5.41) is 1.85. The lowest BCUT2D eigenvalue weighted by molar-refractivity contribution is -0.114. The second-order valence-electron chi connectivity index (χ2n) is 2.91. The number of benzene rings is 1. The van der Waals surface area contributed by atoms with Crippen LogP contribution in [-0.4, -0.2) is 11.8 Å². The Hall–Kier alpha value is -1.44. The van der Waals surface area contributed by atoms with Crippen molar-refractivity contribution in [2.75, 3.05) is 0 Å². The zero-order chi connectivity index (χ0) is 8.55. The molecule has 0 amide bonds. The van der Waals surface area contributed by atoms with E-state index < -0.39 is 0 Å². The van der Waals surface area contributed by atoms with Crippen molar-refractivity contribution in [2.24, 2.45) is 4.99 Å². The van der Waals surface area contributed by atoms with Crippen LogP contribution in [0.25, 0.3) is 6.08 Å². The first kappa shape index (κ1) is 7.22. The summed E-state index contributed by atoms with van der Waals surface area (Å²) in [6, 6.07) is 7.46. The fraction of sp³-hybridized carbons (Fsp3) is 0.200. The number of para-hydroxylation sites is 1. The third-order valence-electron chi connectivity index (χ3n) is 1.98. The summed E-state index contributed by atoms with van der Waals surface area (Å²) < 4.78 is 0. The number of carbonyl (C=O) groups excluding carboxylic acids is 1. The number of rotatable bonds is 0. The molecule has 0 N–H and O–H groups in total. The molecule has 1 unspecified atom stereocenters. The van der Waals surface area contributed by atoms with Crippen LogP contribution in [0.3, 0.4) is 0 Å². The molecule has 2 rings (SSSR count). The molecule has 0 bridgehead atoms. The normalized spacial score (nSPS) is 20.8. The van der Waals surface area contributed by atoms with Gasteiger partial charge in [-0.15, -0.1) is 0 Å². The zero-order valence-electron chi connectivity index (χ0n) is 6.82. The molecule has 0 radical (unpaired) electrons. The van der Waals surface area contributed by atoms with Gasteiger partial charge in [0.15, 0.2) is 5.78 Å². The lowest BCUT2D eigenvalue weighted by Crippen LogP contribution is -2.34. The molecule has 12 heavy (non-hydrogen) atoms. The Kier molecular flexibility index (Phi) is 1.54. The maximum Gasteiger partial charge on any atom is 0.180 e. The van der Waals surface area contributed by atoms with E-state index in [4.69, 9.17) is 0 Å². The molecule has 1 aromatic rings. The van der Waals surface area contributed by atoms with Crippen LogP contribution in [0.2, 0.25) is 0 Å². The monoisotopic (exact) mass is 159 g/mol. The van der Waals surface area contributed by atoms with Crippen molar-refractivity contribution in [3.63, 3.8) is 0 Å². The van der Waals surface area contributed by atoms with E-state index in [9.17, 15) is 4.79 Å². The van der Waals surface area contributed by atoms with Gasteiger partial charge < -0.3 is 0 Å². The van der Waals surface area contributed by atoms with Crippen LogP contribution in [0.15, 0.2) is 29.3 Å². The molecule has 0 fully saturated rings. The number of hydrogen-bond donors (Lipinski definition) is 0. The lowest BCUT2D eigenvalue weighted by atomic mass is 10.1. The van der Waals surface area contributed by atoms with Gasteiger partial charge in [-0.1, -0.05) is 18.2 Å². The molecule has 0 saturated heterocycles. The Balaban J connectivity index is 2.79. The Morgan fingerprint density at radius 1 is 1.33 bits per heavy atom. The molecule has 2 nitrogen and oxygen atoms in total. The fourth-order valence-corrected chi connectivity index (χ4v) is 1.27. The van der Waals surface area contributed by atoms with Crippen LogP contribution >= 0.6 is 0 Å². The first-order chi connectivity index (χ1) is 5.77. The number of Topliss-reactive ketones (excluding diaryl/α,β-unsaturated/α-hetero) is 1. The molecule has 0 saturated carbocycles. The summed E-state index contributed by atoms with van der Waals surface area (Å²) >= 11 is 0. The summed E-state index contributed by atoms with van der Waals surface area (Å²) in [6.07, 6.45) is 1.66. The average molecular weight is 159 g/mol. The van der Waals surface area contributed by atoms with E-state index in [1.807, 2.05) is 31.2 Å². The smallest absolute Gasteiger partial charge is 0.180 e. The van der Waals surface area contributed by atoms with Crippen LogP contribution in [0.1, 0.15) is 6.92 Å². The molecular formula is C10H9NO. The first-order valence-electron chi connectivity index (χ1n) is 3.96. The predicted octanol–water partition coefficient (Wildman–Crippen LogP) is 0.0579. The topological polar surface area (TPSA) is 29.4 Å². The minimum atomic E-state index is -0.208. The van der Waals surface area contributed by atoms with Crippen LogP contribution in [0.4, 0.5) is 0 Å². The van der Waals surface area contributed by atoms with Gasteiger partial charge in [0, 0.05) is 5.22 Å². The van der Waals surface area contributed by atoms with Gasteiger partial charge >= 0.3 is 0 Å². The van der Waals surface area contributed by atoms with Crippen molar-refractivity contribution in [3.8, 4) is 0 Å². The Morgan fingerprint density at radius 2 is 2.08 bits per heavy atom. The second-order valence-corrected chi connectivity index (χ2v) is 2.91. The number of fused-ring (bicyclic) bond motifs is 1. The van der Waals surface area contributed by atoms with Gasteiger partial charge in [-0.2, -0.15) is 0 Å². The van der Waals surface area contributed by atoms with Gasteiger partial charge in [0.25, 0.3) is 0 Å². The minimum absolute atomic E-state index is 0.0914. The molecule has 2 heteroatoms. The maximum absolute atomic E-state index is 11.2. The number of nitrogens with zero attached hydrogens (tertiary/aromatic N) is 1. The maximum atomic E-state index is 11.2. The fourth-order valence-electron chi connectivity index (χ4n) is 1.27. The molecule has 1 atom stereocenters. The van der Waals surface area contributed by atoms with Gasteiger partial charge in [0.05, 0.1) is 5.36 Å². The highest BCUT2D eigenvalue weighted by Gasteiger charge is 2.10. The molecule has 0 spiro atoms. The molecule has 0 aliphatic carbocycles. The minimum Gasteiger partial charge on any atom is -0.292 e. The summed E-state index contributed by atoms with van der Waals surface area (Å²) in [5.74, 6) is 0.0914. The molecular weight excluding hydrogens is 150 g/mol. The molecule has 1 heterocycles. The van der Waals surface area contributed by atoms with Crippen molar-refractivity contribution < 1.29 is 4.79 Å². The molecule has 1 aromatic carbocycles. The Morgan fingerprint density at radius 3 is 2.92 bits per heavy atom. The zero-order valence-corrected chi connectivity index (χ0v) is 6.82. The average Bonchev–Trinajstić information content (AvgIpc) is 2.07. The number of hydrogen-bond acceptors (Lipinski definition) is 2. The Bertz CT molecular complexity index is 433. The third-order valence-corrected chi connectivity index (χ3v) is 1.98. The second kappa shape index (κ2) is 2.55. The molecule has 1 aliphatic heterocycles. The van der Waals surface area contributed by atoms with Gasteiger partial charge in [0.2, 0.25) is 0 Å². The van der Waals surface area contributed by atoms with Crippen molar-refractivity contribution in [1.29, 1.82) is 0 Å². The first-order valence-corrected chi connectivity index (χ1v) is 3.96. The standard InChI is InChI=1S/C10H9NO/c1-7-10(12)6-8-4-2-3-5-9(8)11-7/h2-7H,1H3. The van der Waals surface area contributed by atoms with E-state index in [1.165, 1.54) is 0 Å². The number of carbonyl (C=O) groups is 1. The summed E-state index contributed by atoms with van der Waals surface area (Å²) in [5.41, 5.74) is 0. The SMILES string of the molecule is CC1N=c2ccccc2=CC1=O. The molecule has 60 valence electrons. The molecule has 0 aromatic heterocycles. The summed E-state index contributed by atoms with van der Waals surface area (Å²) in [7, 11) is 0. The van der Waals surface area contributed by atoms with Gasteiger partial charge in [0.1, 0.15) is 6.04 Å². The van der Waals surface area contributed by atoms with E-state index in [2.05, 4.69) is 4.99 Å². The quantitative estimate of drug-likeness (QED) is 0.526. The Labute approximate surface area is 70.3 Å². The van der Waals surface area contributed by atoms with E-state index in [1.54, 1.807) is 6.08 Å². The van der Waals surface area contributed by atoms with Crippen LogP contribution < -0.4 is 10.6 Å². The van der Waals surface area contributed by atoms with Crippen LogP contribution in [0.5, 0.6) is 0 Å².